The van der Waals surface area contributed by atoms with E-state index >= 15 is 4.39 Å². The molecular formula is C22H19ClF3N3O3. The highest BCUT2D eigenvalue weighted by Gasteiger charge is 2.45. The van der Waals surface area contributed by atoms with Gasteiger partial charge < -0.3 is 9.84 Å². The number of hydrogen-bond donors (Lipinski definition) is 2. The minimum atomic E-state index is -1.27. The largest absolute Gasteiger partial charge is 0.507 e. The SMILES string of the molecule is O=c1[nH]c(OCC23CCCN2CCC3)nc2c(F)c(-c3c(O)cccc3F)c(Cl)c(F)c12. The minimum absolute atomic E-state index is 0.151. The Labute approximate surface area is 185 Å². The molecule has 0 amide bonds. The fourth-order valence-corrected chi connectivity index (χ4v) is 5.23. The molecule has 168 valence electrons. The van der Waals surface area contributed by atoms with Crippen LogP contribution in [-0.4, -0.2) is 45.2 Å². The summed E-state index contributed by atoms with van der Waals surface area (Å²) in [5.74, 6) is -4.14. The van der Waals surface area contributed by atoms with Gasteiger partial charge in [-0.05, 0) is 50.9 Å². The highest BCUT2D eigenvalue weighted by atomic mass is 35.5. The molecule has 2 aliphatic heterocycles. The lowest BCUT2D eigenvalue weighted by Crippen LogP contribution is -2.43. The van der Waals surface area contributed by atoms with E-state index in [9.17, 15) is 18.7 Å². The van der Waals surface area contributed by atoms with Gasteiger partial charge in [-0.3, -0.25) is 14.7 Å². The molecule has 0 atom stereocenters. The number of aromatic hydroxyl groups is 1. The summed E-state index contributed by atoms with van der Waals surface area (Å²) in [5.41, 5.74) is -3.11. The Hall–Kier alpha value is -2.78. The van der Waals surface area contributed by atoms with Crippen LogP contribution in [0, 0.1) is 17.5 Å². The number of H-pyrrole nitrogens is 1. The van der Waals surface area contributed by atoms with E-state index in [1.165, 1.54) is 6.07 Å². The zero-order valence-corrected chi connectivity index (χ0v) is 17.6. The first kappa shape index (κ1) is 21.1. The van der Waals surface area contributed by atoms with Gasteiger partial charge in [0.05, 0.1) is 16.1 Å². The van der Waals surface area contributed by atoms with Crippen LogP contribution in [0.3, 0.4) is 0 Å². The highest BCUT2D eigenvalue weighted by Crippen LogP contribution is 2.42. The Balaban J connectivity index is 1.62. The van der Waals surface area contributed by atoms with E-state index in [2.05, 4.69) is 14.9 Å². The molecule has 2 aromatic carbocycles. The molecule has 2 saturated heterocycles. The summed E-state index contributed by atoms with van der Waals surface area (Å²) in [6.45, 7) is 2.19. The van der Waals surface area contributed by atoms with Crippen LogP contribution in [0.1, 0.15) is 25.7 Å². The summed E-state index contributed by atoms with van der Waals surface area (Å²) < 4.78 is 50.6. The van der Waals surface area contributed by atoms with Crippen molar-refractivity contribution in [2.24, 2.45) is 0 Å². The number of fused-ring (bicyclic) bond motifs is 2. The maximum absolute atomic E-state index is 15.5. The van der Waals surface area contributed by atoms with Gasteiger partial charge in [0.15, 0.2) is 11.6 Å². The third-order valence-corrected chi connectivity index (χ3v) is 6.84. The van der Waals surface area contributed by atoms with Gasteiger partial charge in [0, 0.05) is 5.56 Å². The van der Waals surface area contributed by atoms with Crippen molar-refractivity contribution in [2.45, 2.75) is 31.2 Å². The van der Waals surface area contributed by atoms with Crippen LogP contribution < -0.4 is 10.3 Å². The molecule has 32 heavy (non-hydrogen) atoms. The van der Waals surface area contributed by atoms with Crippen LogP contribution in [0.2, 0.25) is 5.02 Å². The summed E-state index contributed by atoms with van der Waals surface area (Å²) >= 11 is 5.96. The van der Waals surface area contributed by atoms with Crippen LogP contribution in [0.4, 0.5) is 13.2 Å². The molecule has 2 N–H and O–H groups in total. The molecule has 10 heteroatoms. The normalized spacial score (nSPS) is 17.8. The summed E-state index contributed by atoms with van der Waals surface area (Å²) in [7, 11) is 0. The van der Waals surface area contributed by atoms with Crippen LogP contribution in [0.25, 0.3) is 22.0 Å². The Bertz CT molecular complexity index is 1270. The molecule has 3 aromatic rings. The van der Waals surface area contributed by atoms with Crippen molar-refractivity contribution in [3.05, 3.63) is 51.0 Å². The van der Waals surface area contributed by atoms with Gasteiger partial charge in [0.2, 0.25) is 0 Å². The lowest BCUT2D eigenvalue weighted by Gasteiger charge is -2.31. The maximum Gasteiger partial charge on any atom is 0.297 e. The van der Waals surface area contributed by atoms with E-state index in [0.717, 1.165) is 50.9 Å². The van der Waals surface area contributed by atoms with E-state index in [1.54, 1.807) is 0 Å². The molecule has 0 spiro atoms. The molecule has 0 unspecified atom stereocenters. The molecule has 1 aromatic heterocycles. The van der Waals surface area contributed by atoms with Crippen molar-refractivity contribution in [2.75, 3.05) is 19.7 Å². The van der Waals surface area contributed by atoms with E-state index in [0.29, 0.717) is 0 Å². The standard InChI is InChI=1S/C22H19ClF3N3O3/c23-16-14(13-11(24)4-1-5-12(13)30)18(26)19-15(17(16)25)20(31)28-21(27-19)32-10-22-6-2-8-29(22)9-3-7-22/h1,4-5,30H,2-3,6-10H2,(H,27,28,31). The number of hydrogen-bond acceptors (Lipinski definition) is 5. The number of aromatic nitrogens is 2. The lowest BCUT2D eigenvalue weighted by molar-refractivity contribution is 0.107. The van der Waals surface area contributed by atoms with Crippen molar-refractivity contribution in [3.8, 4) is 22.9 Å². The number of phenols is 1. The second kappa shape index (κ2) is 7.67. The second-order valence-corrected chi connectivity index (χ2v) is 8.63. The van der Waals surface area contributed by atoms with Gasteiger partial charge in [-0.2, -0.15) is 4.98 Å². The summed E-state index contributed by atoms with van der Waals surface area (Å²) in [6.07, 6.45) is 3.97. The smallest absolute Gasteiger partial charge is 0.297 e. The predicted octanol–water partition coefficient (Wildman–Crippen LogP) is 4.37. The second-order valence-electron chi connectivity index (χ2n) is 8.25. The van der Waals surface area contributed by atoms with E-state index in [-0.39, 0.29) is 18.2 Å². The topological polar surface area (TPSA) is 78.5 Å². The number of halogens is 4. The van der Waals surface area contributed by atoms with Crippen LogP contribution in [-0.2, 0) is 0 Å². The number of nitrogens with one attached hydrogen (secondary N) is 1. The molecule has 2 fully saturated rings. The molecule has 0 aliphatic carbocycles. The monoisotopic (exact) mass is 465 g/mol. The Kier molecular flexibility index (Phi) is 5.05. The van der Waals surface area contributed by atoms with Gasteiger partial charge in [-0.15, -0.1) is 0 Å². The van der Waals surface area contributed by atoms with Crippen molar-refractivity contribution < 1.29 is 23.0 Å². The molecular weight excluding hydrogens is 447 g/mol. The van der Waals surface area contributed by atoms with Crippen LogP contribution in [0.15, 0.2) is 23.0 Å². The van der Waals surface area contributed by atoms with Crippen molar-refractivity contribution in [1.29, 1.82) is 0 Å². The number of rotatable bonds is 4. The van der Waals surface area contributed by atoms with E-state index < -0.39 is 55.8 Å². The zero-order chi connectivity index (χ0) is 22.6. The summed E-state index contributed by atoms with van der Waals surface area (Å²) in [4.78, 5) is 21.2. The fourth-order valence-electron chi connectivity index (χ4n) is 4.96. The third-order valence-electron chi connectivity index (χ3n) is 6.49. The third kappa shape index (κ3) is 3.14. The van der Waals surface area contributed by atoms with E-state index in [4.69, 9.17) is 16.3 Å². The Morgan fingerprint density at radius 2 is 1.88 bits per heavy atom. The minimum Gasteiger partial charge on any atom is -0.507 e. The van der Waals surface area contributed by atoms with Crippen LogP contribution in [0.5, 0.6) is 11.8 Å². The molecule has 6 nitrogen and oxygen atoms in total. The number of aromatic amines is 1. The average Bonchev–Trinajstić information content (AvgIpc) is 3.33. The Morgan fingerprint density at radius 3 is 2.56 bits per heavy atom. The Morgan fingerprint density at radius 1 is 1.16 bits per heavy atom. The summed E-state index contributed by atoms with van der Waals surface area (Å²) in [5, 5.41) is 8.51. The average molecular weight is 466 g/mol. The molecule has 0 saturated carbocycles. The van der Waals surface area contributed by atoms with Gasteiger partial charge in [0.1, 0.15) is 29.1 Å². The zero-order valence-electron chi connectivity index (χ0n) is 16.9. The van der Waals surface area contributed by atoms with Crippen molar-refractivity contribution in [3.63, 3.8) is 0 Å². The summed E-state index contributed by atoms with van der Waals surface area (Å²) in [6, 6.07) is 3.03. The molecule has 3 heterocycles. The molecule has 2 aliphatic rings. The first-order valence-electron chi connectivity index (χ1n) is 10.3. The quantitative estimate of drug-likeness (QED) is 0.559. The number of nitrogens with zero attached hydrogens (tertiary/aromatic N) is 2. The molecule has 0 bridgehead atoms. The maximum atomic E-state index is 15.5. The first-order valence-corrected chi connectivity index (χ1v) is 10.7. The van der Waals surface area contributed by atoms with Gasteiger partial charge in [-0.1, -0.05) is 17.7 Å². The van der Waals surface area contributed by atoms with Crippen molar-refractivity contribution >= 4 is 22.5 Å². The lowest BCUT2D eigenvalue weighted by atomic mass is 9.95. The molecule has 0 radical (unpaired) electrons. The van der Waals surface area contributed by atoms with Gasteiger partial charge in [-0.25, -0.2) is 13.2 Å². The molecule has 5 rings (SSSR count). The predicted molar refractivity (Wildman–Crippen MR) is 113 cm³/mol. The number of ether oxygens (including phenoxy) is 1. The number of phenolic OH excluding ortho intramolecular Hbond substituents is 1. The van der Waals surface area contributed by atoms with Gasteiger partial charge >= 0.3 is 0 Å². The fraction of sp³-hybridized carbons (Fsp3) is 0.364. The van der Waals surface area contributed by atoms with Gasteiger partial charge in [0.25, 0.3) is 11.6 Å². The van der Waals surface area contributed by atoms with Crippen LogP contribution >= 0.6 is 11.6 Å². The van der Waals surface area contributed by atoms with Crippen molar-refractivity contribution in [1.82, 2.24) is 14.9 Å². The van der Waals surface area contributed by atoms with E-state index in [1.807, 2.05) is 0 Å². The first-order chi connectivity index (χ1) is 15.3. The highest BCUT2D eigenvalue weighted by molar-refractivity contribution is 6.34. The number of benzene rings is 2.